The van der Waals surface area contributed by atoms with E-state index in [0.717, 1.165) is 19.3 Å². The second kappa shape index (κ2) is 7.78. The minimum Gasteiger partial charge on any atom is -0.481 e. The molecule has 1 fully saturated rings. The van der Waals surface area contributed by atoms with E-state index in [1.54, 1.807) is 0 Å². The van der Waals surface area contributed by atoms with Gasteiger partial charge in [0.2, 0.25) is 5.91 Å². The summed E-state index contributed by atoms with van der Waals surface area (Å²) in [6, 6.07) is 0. The Morgan fingerprint density at radius 1 is 1.14 bits per heavy atom. The average Bonchev–Trinajstić information content (AvgIpc) is 2.93. The minimum absolute atomic E-state index is 0.0326. The number of hydrogen-bond donors (Lipinski definition) is 3. The molecule has 1 rings (SSSR count). The quantitative estimate of drug-likeness (QED) is 0.640. The van der Waals surface area contributed by atoms with E-state index in [1.165, 1.54) is 0 Å². The number of carbonyl (C=O) groups is 2. The fourth-order valence-corrected chi connectivity index (χ4v) is 3.22. The van der Waals surface area contributed by atoms with E-state index in [2.05, 4.69) is 5.32 Å². The van der Waals surface area contributed by atoms with Gasteiger partial charge in [-0.2, -0.15) is 0 Å². The van der Waals surface area contributed by atoms with E-state index in [1.807, 2.05) is 20.8 Å². The topological polar surface area (TPSA) is 86.6 Å². The van der Waals surface area contributed by atoms with Crippen molar-refractivity contribution in [1.82, 2.24) is 5.32 Å². The zero-order chi connectivity index (χ0) is 16.0. The molecule has 3 N–H and O–H groups in total. The van der Waals surface area contributed by atoms with Crippen molar-refractivity contribution < 1.29 is 19.8 Å². The Balaban J connectivity index is 2.67. The van der Waals surface area contributed by atoms with Crippen molar-refractivity contribution in [2.45, 2.75) is 52.9 Å². The van der Waals surface area contributed by atoms with Gasteiger partial charge in [0.15, 0.2) is 0 Å². The largest absolute Gasteiger partial charge is 0.481 e. The number of aliphatic hydroxyl groups excluding tert-OH is 1. The number of rotatable bonds is 8. The number of nitrogens with one attached hydrogen (secondary N) is 1. The molecule has 0 aromatic rings. The van der Waals surface area contributed by atoms with E-state index in [9.17, 15) is 19.8 Å². The van der Waals surface area contributed by atoms with Gasteiger partial charge in [-0.1, -0.05) is 27.2 Å². The first-order valence-electron chi connectivity index (χ1n) is 8.04. The zero-order valence-corrected chi connectivity index (χ0v) is 13.4. The van der Waals surface area contributed by atoms with E-state index in [0.29, 0.717) is 25.3 Å². The Bertz CT molecular complexity index is 357. The van der Waals surface area contributed by atoms with E-state index in [4.69, 9.17) is 0 Å². The highest BCUT2D eigenvalue weighted by molar-refractivity contribution is 5.85. The molecule has 122 valence electrons. The number of carboxylic acid groups (broad SMARTS) is 1. The molecule has 0 spiro atoms. The van der Waals surface area contributed by atoms with E-state index in [-0.39, 0.29) is 17.9 Å². The molecule has 1 saturated carbocycles. The number of aliphatic hydroxyl groups is 1. The monoisotopic (exact) mass is 299 g/mol. The van der Waals surface area contributed by atoms with Crippen molar-refractivity contribution in [3.05, 3.63) is 0 Å². The lowest BCUT2D eigenvalue weighted by Gasteiger charge is -2.30. The molecule has 1 amide bonds. The number of hydrogen-bond acceptors (Lipinski definition) is 3. The second-order valence-corrected chi connectivity index (χ2v) is 6.38. The molecule has 0 aromatic carbocycles. The van der Waals surface area contributed by atoms with Gasteiger partial charge in [0.1, 0.15) is 0 Å². The molecule has 5 heteroatoms. The molecule has 3 atom stereocenters. The second-order valence-electron chi connectivity index (χ2n) is 6.38. The molecule has 0 saturated heterocycles. The summed E-state index contributed by atoms with van der Waals surface area (Å²) in [5.41, 5.74) is -0.295. The van der Waals surface area contributed by atoms with Crippen LogP contribution in [-0.4, -0.2) is 35.2 Å². The van der Waals surface area contributed by atoms with Crippen LogP contribution >= 0.6 is 0 Å². The molecule has 5 nitrogen and oxygen atoms in total. The lowest BCUT2D eigenvalue weighted by atomic mass is 9.83. The Labute approximate surface area is 127 Å². The van der Waals surface area contributed by atoms with Crippen molar-refractivity contribution in [3.63, 3.8) is 0 Å². The first-order valence-corrected chi connectivity index (χ1v) is 8.04. The Kier molecular flexibility index (Phi) is 6.65. The Morgan fingerprint density at radius 2 is 1.71 bits per heavy atom. The van der Waals surface area contributed by atoms with Gasteiger partial charge in [-0.15, -0.1) is 0 Å². The van der Waals surface area contributed by atoms with Gasteiger partial charge in [-0.05, 0) is 31.6 Å². The number of carbonyl (C=O) groups excluding carboxylic acids is 1. The van der Waals surface area contributed by atoms with E-state index >= 15 is 0 Å². The van der Waals surface area contributed by atoms with Crippen LogP contribution in [-0.2, 0) is 9.59 Å². The average molecular weight is 299 g/mol. The summed E-state index contributed by atoms with van der Waals surface area (Å²) < 4.78 is 0. The molecule has 0 aromatic heterocycles. The molecule has 21 heavy (non-hydrogen) atoms. The van der Waals surface area contributed by atoms with Crippen LogP contribution in [0.2, 0.25) is 0 Å². The highest BCUT2D eigenvalue weighted by atomic mass is 16.4. The molecule has 0 aliphatic heterocycles. The highest BCUT2D eigenvalue weighted by Gasteiger charge is 2.42. The van der Waals surface area contributed by atoms with Gasteiger partial charge >= 0.3 is 5.97 Å². The summed E-state index contributed by atoms with van der Waals surface area (Å²) in [6.45, 7) is 6.47. The highest BCUT2D eigenvalue weighted by Crippen LogP contribution is 2.38. The molecule has 0 radical (unpaired) electrons. The van der Waals surface area contributed by atoms with Crippen LogP contribution in [0.25, 0.3) is 0 Å². The summed E-state index contributed by atoms with van der Waals surface area (Å²) in [5, 5.41) is 21.7. The number of aliphatic carboxylic acids is 1. The predicted molar refractivity (Wildman–Crippen MR) is 80.7 cm³/mol. The standard InChI is InChI=1S/C16H29NO4/c1-4-11-7-12(13(8-11)15(20)21)14(19)17-9-16(5-2,6-3)10-18/h11-13,18H,4-10H2,1-3H3,(H,17,19)(H,20,21)/t11?,12-,13+/m0/s1. The summed E-state index contributed by atoms with van der Waals surface area (Å²) in [6.07, 6.45) is 3.73. The number of amides is 1. The summed E-state index contributed by atoms with van der Waals surface area (Å²) in [4.78, 5) is 23.7. The summed E-state index contributed by atoms with van der Waals surface area (Å²) in [5.74, 6) is -1.72. The summed E-state index contributed by atoms with van der Waals surface area (Å²) in [7, 11) is 0. The zero-order valence-electron chi connectivity index (χ0n) is 13.4. The van der Waals surface area contributed by atoms with Crippen molar-refractivity contribution in [1.29, 1.82) is 0 Å². The maximum absolute atomic E-state index is 12.4. The molecular formula is C16H29NO4. The van der Waals surface area contributed by atoms with Crippen LogP contribution in [0, 0.1) is 23.2 Å². The maximum atomic E-state index is 12.4. The van der Waals surface area contributed by atoms with Crippen molar-refractivity contribution >= 4 is 11.9 Å². The van der Waals surface area contributed by atoms with Crippen LogP contribution in [0.5, 0.6) is 0 Å². The molecular weight excluding hydrogens is 270 g/mol. The lowest BCUT2D eigenvalue weighted by Crippen LogP contribution is -2.43. The van der Waals surface area contributed by atoms with Crippen LogP contribution < -0.4 is 5.32 Å². The fraction of sp³-hybridized carbons (Fsp3) is 0.875. The number of carboxylic acids is 1. The first kappa shape index (κ1) is 18.0. The van der Waals surface area contributed by atoms with Gasteiger partial charge in [-0.25, -0.2) is 0 Å². The Morgan fingerprint density at radius 3 is 2.14 bits per heavy atom. The molecule has 1 unspecified atom stereocenters. The van der Waals surface area contributed by atoms with Crippen molar-refractivity contribution in [3.8, 4) is 0 Å². The van der Waals surface area contributed by atoms with Gasteiger partial charge in [0.05, 0.1) is 18.4 Å². The third-order valence-electron chi connectivity index (χ3n) is 5.36. The third kappa shape index (κ3) is 4.19. The molecule has 1 aliphatic carbocycles. The SMILES string of the molecule is CCC1C[C@H](C(=O)NCC(CC)(CC)CO)[C@H](C(=O)O)C1. The fourth-order valence-electron chi connectivity index (χ4n) is 3.22. The minimum atomic E-state index is -0.870. The Hall–Kier alpha value is -1.10. The van der Waals surface area contributed by atoms with Crippen LogP contribution in [0.15, 0.2) is 0 Å². The molecule has 1 aliphatic rings. The lowest BCUT2D eigenvalue weighted by molar-refractivity contribution is -0.146. The predicted octanol–water partition coefficient (Wildman–Crippen LogP) is 2.04. The third-order valence-corrected chi connectivity index (χ3v) is 5.36. The van der Waals surface area contributed by atoms with Crippen LogP contribution in [0.3, 0.4) is 0 Å². The first-order chi connectivity index (χ1) is 9.92. The van der Waals surface area contributed by atoms with Gasteiger partial charge in [0, 0.05) is 12.0 Å². The van der Waals surface area contributed by atoms with Gasteiger partial charge in [0.25, 0.3) is 0 Å². The van der Waals surface area contributed by atoms with Crippen molar-refractivity contribution in [2.24, 2.45) is 23.2 Å². The smallest absolute Gasteiger partial charge is 0.307 e. The van der Waals surface area contributed by atoms with Crippen LogP contribution in [0.1, 0.15) is 52.9 Å². The van der Waals surface area contributed by atoms with Crippen molar-refractivity contribution in [2.75, 3.05) is 13.2 Å². The maximum Gasteiger partial charge on any atom is 0.307 e. The van der Waals surface area contributed by atoms with E-state index < -0.39 is 17.8 Å². The molecule has 0 heterocycles. The van der Waals surface area contributed by atoms with Gasteiger partial charge in [-0.3, -0.25) is 9.59 Å². The van der Waals surface area contributed by atoms with Gasteiger partial charge < -0.3 is 15.5 Å². The van der Waals surface area contributed by atoms with Crippen LogP contribution in [0.4, 0.5) is 0 Å². The molecule has 0 bridgehead atoms. The normalized spacial score (nSPS) is 25.8. The summed E-state index contributed by atoms with van der Waals surface area (Å²) >= 11 is 0.